The van der Waals surface area contributed by atoms with Crippen LogP contribution in [0.1, 0.15) is 75.1 Å². The molecule has 10 rings (SSSR count). The van der Waals surface area contributed by atoms with E-state index in [4.69, 9.17) is 0 Å². The molecule has 2 aromatic heterocycles. The highest BCUT2D eigenvalue weighted by Gasteiger charge is 2.58. The molecule has 4 aliphatic heterocycles. The van der Waals surface area contributed by atoms with Crippen LogP contribution in [0.15, 0.2) is 155 Å². The van der Waals surface area contributed by atoms with E-state index in [2.05, 4.69) is 10.6 Å². The van der Waals surface area contributed by atoms with E-state index in [1.807, 2.05) is 147 Å². The smallest absolute Gasteiger partial charge is 0.258 e. The molecule has 0 saturated carbocycles. The van der Waals surface area contributed by atoms with Crippen LogP contribution in [0.25, 0.3) is 34.4 Å². The van der Waals surface area contributed by atoms with E-state index in [0.717, 1.165) is 22.3 Å². The molecule has 4 aliphatic rings. The zero-order valence-corrected chi connectivity index (χ0v) is 42.0. The first-order chi connectivity index (χ1) is 36.0. The van der Waals surface area contributed by atoms with Crippen molar-refractivity contribution in [3.63, 3.8) is 0 Å². The van der Waals surface area contributed by atoms with E-state index < -0.39 is 47.8 Å². The predicted octanol–water partition coefficient (Wildman–Crippen LogP) is 8.17. The van der Waals surface area contributed by atoms with E-state index in [-0.39, 0.29) is 73.9 Å². The van der Waals surface area contributed by atoms with Gasteiger partial charge in [-0.1, -0.05) is 123 Å². The first-order valence-electron chi connectivity index (χ1n) is 25.5. The van der Waals surface area contributed by atoms with Gasteiger partial charge < -0.3 is 39.8 Å². The molecule has 4 amide bonds. The number of anilines is 2. The topological polar surface area (TPSA) is 183 Å². The van der Waals surface area contributed by atoms with E-state index in [0.29, 0.717) is 33.9 Å². The summed E-state index contributed by atoms with van der Waals surface area (Å²) in [6.07, 6.45) is 7.69. The number of fused-ring (bicyclic) bond motifs is 8. The zero-order valence-electron chi connectivity index (χ0n) is 42.0. The largest absolute Gasteiger partial charge is 0.396 e. The molecule has 4 bridgehead atoms. The van der Waals surface area contributed by atoms with Crippen LogP contribution in [0.3, 0.4) is 0 Å². The summed E-state index contributed by atoms with van der Waals surface area (Å²) < 4.78 is 3.35. The number of hydrogen-bond acceptors (Lipinski definition) is 8. The highest BCUT2D eigenvalue weighted by atomic mass is 16.3. The second-order valence-corrected chi connectivity index (χ2v) is 19.2. The Balaban J connectivity index is 0.000000182. The van der Waals surface area contributed by atoms with Gasteiger partial charge in [0.25, 0.3) is 11.1 Å². The molecule has 6 aromatic rings. The number of nitrogens with one attached hydrogen (secondary N) is 2. The van der Waals surface area contributed by atoms with Gasteiger partial charge in [0.05, 0.1) is 36.0 Å². The number of aromatic nitrogens is 2. The third kappa shape index (κ3) is 9.46. The quantitative estimate of drug-likeness (QED) is 0.0947. The molecule has 14 heteroatoms. The number of aliphatic hydroxyl groups excluding tert-OH is 2. The number of amides is 4. The maximum Gasteiger partial charge on any atom is 0.258 e. The summed E-state index contributed by atoms with van der Waals surface area (Å²) in [6, 6.07) is 40.2. The fraction of sp³-hybridized carbons (Fsp3) is 0.300. The Morgan fingerprint density at radius 1 is 0.514 bits per heavy atom. The van der Waals surface area contributed by atoms with Crippen molar-refractivity contribution < 1.29 is 29.4 Å². The van der Waals surface area contributed by atoms with Crippen molar-refractivity contribution in [3.05, 3.63) is 189 Å². The third-order valence-electron chi connectivity index (χ3n) is 15.1. The minimum Gasteiger partial charge on any atom is -0.396 e. The number of benzene rings is 4. The van der Waals surface area contributed by atoms with Gasteiger partial charge >= 0.3 is 0 Å². The molecule has 6 heterocycles. The average Bonchev–Trinajstić information content (AvgIpc) is 3.82. The van der Waals surface area contributed by atoms with Gasteiger partial charge in [0.2, 0.25) is 23.6 Å². The standard InChI is InChI=1S/2C30H31N3O4/c2*1-3-8-21-13-16-24-28-27(23(18-34)25(17-32(24)30(21)37)33(28)26(35)4-2)29(36)31-22-14-11-20(12-15-22)19-9-6-5-7-10-19/h2*3,5-16,23,25,27-28,34H,4,17-18H2,1-2H3,(H,31,36)/b8-3+;8-3-/t2*23-,25-,27+,28+/m00/s1. The van der Waals surface area contributed by atoms with Crippen molar-refractivity contribution in [3.8, 4) is 22.3 Å². The van der Waals surface area contributed by atoms with Crippen molar-refractivity contribution >= 4 is 47.2 Å². The van der Waals surface area contributed by atoms with E-state index in [9.17, 15) is 39.0 Å². The van der Waals surface area contributed by atoms with Crippen molar-refractivity contribution in [2.24, 2.45) is 23.7 Å². The molecule has 0 spiro atoms. The van der Waals surface area contributed by atoms with Crippen LogP contribution in [0, 0.1) is 23.7 Å². The molecular weight excluding hydrogens is 933 g/mol. The summed E-state index contributed by atoms with van der Waals surface area (Å²) in [5.41, 5.74) is 7.58. The van der Waals surface area contributed by atoms with Crippen LogP contribution in [0.4, 0.5) is 11.4 Å². The molecule has 2 fully saturated rings. The van der Waals surface area contributed by atoms with Crippen LogP contribution in [-0.4, -0.2) is 78.1 Å². The van der Waals surface area contributed by atoms with Gasteiger partial charge in [-0.3, -0.25) is 28.8 Å². The van der Waals surface area contributed by atoms with Crippen molar-refractivity contribution in [1.29, 1.82) is 0 Å². The van der Waals surface area contributed by atoms with E-state index in [1.165, 1.54) is 0 Å². The van der Waals surface area contributed by atoms with Crippen LogP contribution >= 0.6 is 0 Å². The highest BCUT2D eigenvalue weighted by Crippen LogP contribution is 2.50. The van der Waals surface area contributed by atoms with Gasteiger partial charge in [-0.2, -0.15) is 0 Å². The van der Waals surface area contributed by atoms with Crippen LogP contribution in [0.2, 0.25) is 0 Å². The maximum atomic E-state index is 13.7. The number of rotatable bonds is 12. The molecule has 4 aromatic carbocycles. The maximum absolute atomic E-state index is 13.7. The molecule has 380 valence electrons. The summed E-state index contributed by atoms with van der Waals surface area (Å²) in [6.45, 7) is 7.26. The lowest BCUT2D eigenvalue weighted by Crippen LogP contribution is -2.49. The molecular formula is C60H62N6O8. The molecule has 0 radical (unpaired) electrons. The lowest BCUT2D eigenvalue weighted by atomic mass is 9.86. The van der Waals surface area contributed by atoms with Gasteiger partial charge in [0.1, 0.15) is 0 Å². The molecule has 8 atom stereocenters. The van der Waals surface area contributed by atoms with Crippen molar-refractivity contribution in [2.75, 3.05) is 23.8 Å². The lowest BCUT2D eigenvalue weighted by molar-refractivity contribution is -0.137. The Kier molecular flexibility index (Phi) is 15.2. The molecule has 0 unspecified atom stereocenters. The Hall–Kier alpha value is -7.94. The molecule has 4 N–H and O–H groups in total. The molecule has 0 aliphatic carbocycles. The number of hydrogen-bond donors (Lipinski definition) is 4. The first kappa shape index (κ1) is 51.0. The monoisotopic (exact) mass is 994 g/mol. The van der Waals surface area contributed by atoms with Crippen molar-refractivity contribution in [2.45, 2.75) is 77.8 Å². The predicted molar refractivity (Wildman–Crippen MR) is 287 cm³/mol. The Bertz CT molecular complexity index is 3010. The van der Waals surface area contributed by atoms with E-state index >= 15 is 0 Å². The Morgan fingerprint density at radius 3 is 1.19 bits per heavy atom. The van der Waals surface area contributed by atoms with Crippen LogP contribution in [-0.2, 0) is 32.3 Å². The second kappa shape index (κ2) is 22.0. The van der Waals surface area contributed by atoms with Crippen LogP contribution < -0.4 is 21.8 Å². The highest BCUT2D eigenvalue weighted by molar-refractivity contribution is 5.96. The molecule has 14 nitrogen and oxygen atoms in total. The van der Waals surface area contributed by atoms with E-state index in [1.54, 1.807) is 57.1 Å². The Labute approximate surface area is 430 Å². The minimum atomic E-state index is -0.694. The summed E-state index contributed by atoms with van der Waals surface area (Å²) in [5.74, 6) is -3.10. The fourth-order valence-electron chi connectivity index (χ4n) is 11.7. The van der Waals surface area contributed by atoms with Gasteiger partial charge in [0.15, 0.2) is 0 Å². The molecule has 74 heavy (non-hydrogen) atoms. The first-order valence-corrected chi connectivity index (χ1v) is 25.5. The van der Waals surface area contributed by atoms with Gasteiger partial charge in [0, 0.05) is 84.9 Å². The number of allylic oxidation sites excluding steroid dienone is 2. The number of carbonyl (C=O) groups excluding carboxylic acids is 4. The summed E-state index contributed by atoms with van der Waals surface area (Å²) in [4.78, 5) is 83.5. The minimum absolute atomic E-state index is 0.0906. The summed E-state index contributed by atoms with van der Waals surface area (Å²) in [7, 11) is 0. The lowest BCUT2D eigenvalue weighted by Gasteiger charge is -2.38. The normalized spacial score (nSPS) is 22.2. The van der Waals surface area contributed by atoms with Gasteiger partial charge in [-0.15, -0.1) is 0 Å². The number of nitrogens with zero attached hydrogens (tertiary/aromatic N) is 4. The zero-order chi connectivity index (χ0) is 52.2. The van der Waals surface area contributed by atoms with Gasteiger partial charge in [-0.25, -0.2) is 0 Å². The van der Waals surface area contributed by atoms with Gasteiger partial charge in [-0.05, 0) is 84.6 Å². The second-order valence-electron chi connectivity index (χ2n) is 19.2. The average molecular weight is 995 g/mol. The van der Waals surface area contributed by atoms with Crippen molar-refractivity contribution in [1.82, 2.24) is 18.9 Å². The van der Waals surface area contributed by atoms with Crippen LogP contribution in [0.5, 0.6) is 0 Å². The molecule has 2 saturated heterocycles. The summed E-state index contributed by atoms with van der Waals surface area (Å²) >= 11 is 0. The number of pyridine rings is 2. The number of carbonyl (C=O) groups is 4. The summed E-state index contributed by atoms with van der Waals surface area (Å²) in [5, 5.41) is 26.8. The Morgan fingerprint density at radius 2 is 0.865 bits per heavy atom. The number of aliphatic hydroxyl groups is 2. The SMILES string of the molecule is C/C=C/c1ccc2n(c1=O)C[C@H]1[C@H](CO)[C@@H](C(=O)Nc3ccc(-c4ccccc4)cc3)[C@@H]2N1C(=O)CC.C/C=C\c1ccc2n(c1=O)C[C@H]1[C@H](CO)[C@@H](C(=O)Nc3ccc(-c4ccccc4)cc3)[C@@H]2N1C(=O)CC. The fourth-order valence-corrected chi connectivity index (χ4v) is 11.7. The third-order valence-corrected chi connectivity index (χ3v) is 15.1.